The van der Waals surface area contributed by atoms with Gasteiger partial charge in [0.15, 0.2) is 0 Å². The van der Waals surface area contributed by atoms with Gasteiger partial charge in [0.1, 0.15) is 23.4 Å². The van der Waals surface area contributed by atoms with E-state index >= 15 is 0 Å². The first-order valence-corrected chi connectivity index (χ1v) is 6.95. The Morgan fingerprint density at radius 1 is 1.36 bits per heavy atom. The molecule has 0 radical (unpaired) electrons. The minimum Gasteiger partial charge on any atom is -0.488 e. The molecule has 0 spiro atoms. The van der Waals surface area contributed by atoms with Crippen molar-refractivity contribution in [3.63, 3.8) is 0 Å². The molecule has 1 atom stereocenters. The van der Waals surface area contributed by atoms with Crippen molar-refractivity contribution in [1.82, 2.24) is 9.97 Å². The van der Waals surface area contributed by atoms with Gasteiger partial charge >= 0.3 is 0 Å². The van der Waals surface area contributed by atoms with Crippen molar-refractivity contribution in [1.29, 1.82) is 0 Å². The van der Waals surface area contributed by atoms with Crippen LogP contribution in [0.3, 0.4) is 0 Å². The molecule has 0 unspecified atom stereocenters. The van der Waals surface area contributed by atoms with E-state index in [1.165, 1.54) is 0 Å². The maximum Gasteiger partial charge on any atom is 0.275 e. The van der Waals surface area contributed by atoms with Crippen molar-refractivity contribution in [2.45, 2.75) is 20.0 Å². The van der Waals surface area contributed by atoms with Crippen LogP contribution in [0.25, 0.3) is 0 Å². The molecule has 0 aliphatic rings. The van der Waals surface area contributed by atoms with Gasteiger partial charge in [0.25, 0.3) is 5.91 Å². The zero-order valence-corrected chi connectivity index (χ0v) is 12.9. The van der Waals surface area contributed by atoms with E-state index in [0.717, 1.165) is 0 Å². The first-order valence-electron chi connectivity index (χ1n) is 6.95. The number of rotatable bonds is 6. The van der Waals surface area contributed by atoms with E-state index < -0.39 is 0 Å². The summed E-state index contributed by atoms with van der Waals surface area (Å²) in [5.74, 6) is 0.737. The molecule has 2 rings (SSSR count). The van der Waals surface area contributed by atoms with E-state index in [0.29, 0.717) is 23.9 Å². The van der Waals surface area contributed by atoms with Crippen LogP contribution < -0.4 is 10.1 Å². The normalized spacial score (nSPS) is 11.8. The summed E-state index contributed by atoms with van der Waals surface area (Å²) >= 11 is 0. The number of pyridine rings is 2. The van der Waals surface area contributed by atoms with Gasteiger partial charge in [0.2, 0.25) is 0 Å². The molecule has 6 heteroatoms. The number of hydrogen-bond donors (Lipinski definition) is 1. The van der Waals surface area contributed by atoms with Gasteiger partial charge in [-0.25, -0.2) is 9.97 Å². The lowest BCUT2D eigenvalue weighted by molar-refractivity contribution is 0.0915. The first-order chi connectivity index (χ1) is 10.6. The fourth-order valence-electron chi connectivity index (χ4n) is 1.94. The van der Waals surface area contributed by atoms with E-state index in [1.807, 2.05) is 13.8 Å². The number of amides is 1. The smallest absolute Gasteiger partial charge is 0.275 e. The Morgan fingerprint density at radius 2 is 2.18 bits per heavy atom. The number of ether oxygens (including phenoxy) is 2. The van der Waals surface area contributed by atoms with E-state index in [1.54, 1.807) is 43.6 Å². The average molecular weight is 301 g/mol. The Balaban J connectivity index is 2.13. The van der Waals surface area contributed by atoms with Crippen molar-refractivity contribution in [3.05, 3.63) is 47.9 Å². The third-order valence-electron chi connectivity index (χ3n) is 2.80. The standard InChI is InChI=1S/C16H19N3O3/c1-11-8-13(22-12(2)10-21-3)9-14(18-11)16(20)19-15-6-4-5-7-17-15/h4-9,12H,10H2,1-3H3,(H,17,19,20)/t12-/m0/s1. The molecule has 0 bridgehead atoms. The second-order valence-electron chi connectivity index (χ2n) is 4.88. The number of aromatic nitrogens is 2. The molecule has 6 nitrogen and oxygen atoms in total. The highest BCUT2D eigenvalue weighted by Gasteiger charge is 2.12. The third kappa shape index (κ3) is 4.53. The van der Waals surface area contributed by atoms with Crippen LogP contribution >= 0.6 is 0 Å². The molecule has 0 aromatic carbocycles. The van der Waals surface area contributed by atoms with E-state index in [2.05, 4.69) is 15.3 Å². The Labute approximate surface area is 129 Å². The fourth-order valence-corrected chi connectivity index (χ4v) is 1.94. The van der Waals surface area contributed by atoms with Gasteiger partial charge in [-0.1, -0.05) is 6.07 Å². The monoisotopic (exact) mass is 301 g/mol. The van der Waals surface area contributed by atoms with E-state index in [9.17, 15) is 4.79 Å². The molecule has 0 aliphatic carbocycles. The van der Waals surface area contributed by atoms with Crippen LogP contribution in [0.2, 0.25) is 0 Å². The second kappa shape index (κ2) is 7.51. The summed E-state index contributed by atoms with van der Waals surface area (Å²) in [5, 5.41) is 2.70. The minimum atomic E-state index is -0.327. The molecule has 0 fully saturated rings. The van der Waals surface area contributed by atoms with Crippen molar-refractivity contribution < 1.29 is 14.3 Å². The van der Waals surface area contributed by atoms with Crippen molar-refractivity contribution in [2.24, 2.45) is 0 Å². The fraction of sp³-hybridized carbons (Fsp3) is 0.312. The van der Waals surface area contributed by atoms with Crippen LogP contribution in [0, 0.1) is 6.92 Å². The quantitative estimate of drug-likeness (QED) is 0.887. The predicted octanol–water partition coefficient (Wildman–Crippen LogP) is 2.45. The molecule has 2 aromatic rings. The number of carbonyl (C=O) groups excluding carboxylic acids is 1. The Kier molecular flexibility index (Phi) is 5.43. The lowest BCUT2D eigenvalue weighted by Crippen LogP contribution is -2.19. The highest BCUT2D eigenvalue weighted by atomic mass is 16.5. The molecular weight excluding hydrogens is 282 g/mol. The summed E-state index contributed by atoms with van der Waals surface area (Å²) in [6, 6.07) is 8.68. The second-order valence-corrected chi connectivity index (χ2v) is 4.88. The van der Waals surface area contributed by atoms with Crippen LogP contribution in [-0.4, -0.2) is 35.7 Å². The molecule has 0 saturated carbocycles. The summed E-state index contributed by atoms with van der Waals surface area (Å²) < 4.78 is 10.8. The van der Waals surface area contributed by atoms with Crippen LogP contribution in [0.4, 0.5) is 5.82 Å². The highest BCUT2D eigenvalue weighted by Crippen LogP contribution is 2.16. The number of nitrogens with one attached hydrogen (secondary N) is 1. The summed E-state index contributed by atoms with van der Waals surface area (Å²) in [6.07, 6.45) is 1.50. The van der Waals surface area contributed by atoms with Gasteiger partial charge in [-0.05, 0) is 26.0 Å². The molecule has 2 heterocycles. The number of methoxy groups -OCH3 is 1. The highest BCUT2D eigenvalue weighted by molar-refractivity contribution is 6.02. The maximum absolute atomic E-state index is 12.2. The van der Waals surface area contributed by atoms with E-state index in [4.69, 9.17) is 9.47 Å². The first kappa shape index (κ1) is 15.9. The zero-order chi connectivity index (χ0) is 15.9. The van der Waals surface area contributed by atoms with Crippen LogP contribution in [0.15, 0.2) is 36.5 Å². The van der Waals surface area contributed by atoms with Gasteiger partial charge in [0.05, 0.1) is 6.61 Å². The summed E-state index contributed by atoms with van der Waals surface area (Å²) in [5.41, 5.74) is 0.985. The van der Waals surface area contributed by atoms with E-state index in [-0.39, 0.29) is 17.7 Å². The van der Waals surface area contributed by atoms with Crippen molar-refractivity contribution in [3.8, 4) is 5.75 Å². The molecule has 0 saturated heterocycles. The predicted molar refractivity (Wildman–Crippen MR) is 83.1 cm³/mol. The number of nitrogens with zero attached hydrogens (tertiary/aromatic N) is 2. The average Bonchev–Trinajstić information content (AvgIpc) is 2.47. The van der Waals surface area contributed by atoms with Gasteiger partial charge < -0.3 is 14.8 Å². The molecule has 116 valence electrons. The molecule has 1 amide bonds. The molecule has 0 aliphatic heterocycles. The van der Waals surface area contributed by atoms with Crippen LogP contribution in [0.1, 0.15) is 23.1 Å². The van der Waals surface area contributed by atoms with Gasteiger partial charge in [-0.3, -0.25) is 4.79 Å². The minimum absolute atomic E-state index is 0.112. The number of carbonyl (C=O) groups is 1. The lowest BCUT2D eigenvalue weighted by Gasteiger charge is -2.14. The Morgan fingerprint density at radius 3 is 2.86 bits per heavy atom. The maximum atomic E-state index is 12.2. The summed E-state index contributed by atoms with van der Waals surface area (Å²) in [4.78, 5) is 20.5. The molecular formula is C16H19N3O3. The van der Waals surface area contributed by atoms with Crippen LogP contribution in [-0.2, 0) is 4.74 Å². The van der Waals surface area contributed by atoms with Crippen molar-refractivity contribution >= 4 is 11.7 Å². The largest absolute Gasteiger partial charge is 0.488 e. The van der Waals surface area contributed by atoms with Gasteiger partial charge in [-0.15, -0.1) is 0 Å². The summed E-state index contributed by atoms with van der Waals surface area (Å²) in [6.45, 7) is 4.18. The Hall–Kier alpha value is -2.47. The molecule has 2 aromatic heterocycles. The molecule has 1 N–H and O–H groups in total. The SMILES string of the molecule is COC[C@H](C)Oc1cc(C)nc(C(=O)Nc2ccccn2)c1. The Bertz CT molecular complexity index is 632. The topological polar surface area (TPSA) is 73.3 Å². The number of hydrogen-bond acceptors (Lipinski definition) is 5. The summed E-state index contributed by atoms with van der Waals surface area (Å²) in [7, 11) is 1.61. The lowest BCUT2D eigenvalue weighted by atomic mass is 10.2. The molecule has 22 heavy (non-hydrogen) atoms. The number of aryl methyl sites for hydroxylation is 1. The number of anilines is 1. The third-order valence-corrected chi connectivity index (χ3v) is 2.80. The van der Waals surface area contributed by atoms with Crippen LogP contribution in [0.5, 0.6) is 5.75 Å². The van der Waals surface area contributed by atoms with Gasteiger partial charge in [0, 0.05) is 31.1 Å². The zero-order valence-electron chi connectivity index (χ0n) is 12.9. The van der Waals surface area contributed by atoms with Crippen molar-refractivity contribution in [2.75, 3.05) is 19.0 Å². The van der Waals surface area contributed by atoms with Gasteiger partial charge in [-0.2, -0.15) is 0 Å².